The standard InChI is InChI=1S/C17H17NO3/c19-17-18-16(14-9-5-2-6-10-14)15(21-17)12-20-11-13-7-3-1-4-8-13/h1-10,15-16H,11-12H2,(H,18,19)/t15-,16+/m0/s1. The van der Waals surface area contributed by atoms with Crippen LogP contribution in [-0.4, -0.2) is 18.8 Å². The summed E-state index contributed by atoms with van der Waals surface area (Å²) in [5, 5.41) is 2.83. The van der Waals surface area contributed by atoms with Gasteiger partial charge in [0, 0.05) is 0 Å². The van der Waals surface area contributed by atoms with Crippen molar-refractivity contribution in [3.05, 3.63) is 71.8 Å². The van der Waals surface area contributed by atoms with Gasteiger partial charge in [0.25, 0.3) is 0 Å². The van der Waals surface area contributed by atoms with Gasteiger partial charge in [-0.3, -0.25) is 0 Å². The molecule has 2 atom stereocenters. The molecule has 0 aromatic heterocycles. The Morgan fingerprint density at radius 3 is 2.38 bits per heavy atom. The average Bonchev–Trinajstić information content (AvgIpc) is 2.90. The summed E-state index contributed by atoms with van der Waals surface area (Å²) in [5.41, 5.74) is 2.13. The number of amides is 1. The second-order valence-electron chi connectivity index (χ2n) is 4.98. The molecule has 1 heterocycles. The lowest BCUT2D eigenvalue weighted by Gasteiger charge is -2.17. The molecule has 1 amide bonds. The lowest BCUT2D eigenvalue weighted by atomic mass is 10.0. The fourth-order valence-corrected chi connectivity index (χ4v) is 2.42. The normalized spacial score (nSPS) is 20.9. The van der Waals surface area contributed by atoms with Crippen molar-refractivity contribution in [2.45, 2.75) is 18.8 Å². The first kappa shape index (κ1) is 13.6. The fourth-order valence-electron chi connectivity index (χ4n) is 2.42. The van der Waals surface area contributed by atoms with Crippen LogP contribution < -0.4 is 5.32 Å². The third-order valence-corrected chi connectivity index (χ3v) is 3.46. The Labute approximate surface area is 123 Å². The summed E-state index contributed by atoms with van der Waals surface area (Å²) in [6, 6.07) is 19.6. The molecule has 0 bridgehead atoms. The first-order chi connectivity index (χ1) is 10.3. The lowest BCUT2D eigenvalue weighted by molar-refractivity contribution is 0.0271. The third kappa shape index (κ3) is 3.41. The molecule has 3 rings (SSSR count). The molecule has 0 aliphatic carbocycles. The summed E-state index contributed by atoms with van der Waals surface area (Å²) in [6.45, 7) is 0.879. The van der Waals surface area contributed by atoms with E-state index >= 15 is 0 Å². The van der Waals surface area contributed by atoms with E-state index in [1.54, 1.807) is 0 Å². The second kappa shape index (κ2) is 6.41. The highest BCUT2D eigenvalue weighted by Crippen LogP contribution is 2.25. The molecule has 108 valence electrons. The van der Waals surface area contributed by atoms with Gasteiger partial charge < -0.3 is 14.8 Å². The summed E-state index contributed by atoms with van der Waals surface area (Å²) < 4.78 is 11.0. The van der Waals surface area contributed by atoms with Crippen LogP contribution in [0, 0.1) is 0 Å². The summed E-state index contributed by atoms with van der Waals surface area (Å²) in [4.78, 5) is 11.5. The van der Waals surface area contributed by atoms with Crippen LogP contribution in [-0.2, 0) is 16.1 Å². The first-order valence-corrected chi connectivity index (χ1v) is 6.97. The zero-order valence-electron chi connectivity index (χ0n) is 11.6. The SMILES string of the molecule is O=C1N[C@H](c2ccccc2)[C@H](COCc2ccccc2)O1. The van der Waals surface area contributed by atoms with Crippen LogP contribution >= 0.6 is 0 Å². The Hall–Kier alpha value is -2.33. The molecule has 1 saturated heterocycles. The van der Waals surface area contributed by atoms with E-state index in [9.17, 15) is 4.79 Å². The van der Waals surface area contributed by atoms with E-state index in [2.05, 4.69) is 5.32 Å². The molecule has 0 unspecified atom stereocenters. The number of ether oxygens (including phenoxy) is 2. The minimum absolute atomic E-state index is 0.158. The minimum Gasteiger partial charge on any atom is -0.441 e. The highest BCUT2D eigenvalue weighted by atomic mass is 16.6. The van der Waals surface area contributed by atoms with Gasteiger partial charge in [0.2, 0.25) is 0 Å². The van der Waals surface area contributed by atoms with Gasteiger partial charge >= 0.3 is 6.09 Å². The first-order valence-electron chi connectivity index (χ1n) is 6.97. The van der Waals surface area contributed by atoms with Gasteiger partial charge in [0.1, 0.15) is 0 Å². The third-order valence-electron chi connectivity index (χ3n) is 3.46. The highest BCUT2D eigenvalue weighted by Gasteiger charge is 2.35. The van der Waals surface area contributed by atoms with Gasteiger partial charge in [-0.2, -0.15) is 0 Å². The maximum Gasteiger partial charge on any atom is 0.408 e. The van der Waals surface area contributed by atoms with Crippen molar-refractivity contribution in [2.24, 2.45) is 0 Å². The Morgan fingerprint density at radius 1 is 1.00 bits per heavy atom. The summed E-state index contributed by atoms with van der Waals surface area (Å²) in [5.74, 6) is 0. The monoisotopic (exact) mass is 283 g/mol. The van der Waals surface area contributed by atoms with Gasteiger partial charge in [0.05, 0.1) is 19.3 Å². The Balaban J connectivity index is 1.60. The molecular weight excluding hydrogens is 266 g/mol. The molecular formula is C17H17NO3. The van der Waals surface area contributed by atoms with E-state index in [-0.39, 0.29) is 12.1 Å². The zero-order valence-corrected chi connectivity index (χ0v) is 11.6. The van der Waals surface area contributed by atoms with Crippen molar-refractivity contribution in [1.82, 2.24) is 5.32 Å². The lowest BCUT2D eigenvalue weighted by Crippen LogP contribution is -2.26. The average molecular weight is 283 g/mol. The molecule has 0 spiro atoms. The number of carbonyl (C=O) groups excluding carboxylic acids is 1. The predicted molar refractivity (Wildman–Crippen MR) is 78.7 cm³/mol. The topological polar surface area (TPSA) is 47.6 Å². The van der Waals surface area contributed by atoms with Crippen molar-refractivity contribution in [3.63, 3.8) is 0 Å². The van der Waals surface area contributed by atoms with Gasteiger partial charge in [-0.25, -0.2) is 4.79 Å². The molecule has 21 heavy (non-hydrogen) atoms. The van der Waals surface area contributed by atoms with E-state index in [1.807, 2.05) is 60.7 Å². The number of carbonyl (C=O) groups is 1. The molecule has 1 aliphatic rings. The molecule has 4 heteroatoms. The molecule has 0 saturated carbocycles. The number of rotatable bonds is 5. The Morgan fingerprint density at radius 2 is 1.67 bits per heavy atom. The molecule has 1 fully saturated rings. The smallest absolute Gasteiger partial charge is 0.408 e. The van der Waals surface area contributed by atoms with E-state index in [4.69, 9.17) is 9.47 Å². The molecule has 2 aromatic carbocycles. The van der Waals surface area contributed by atoms with Gasteiger partial charge in [-0.15, -0.1) is 0 Å². The van der Waals surface area contributed by atoms with Gasteiger partial charge in [-0.1, -0.05) is 60.7 Å². The molecule has 4 nitrogen and oxygen atoms in total. The van der Waals surface area contributed by atoms with Gasteiger partial charge in [-0.05, 0) is 11.1 Å². The zero-order chi connectivity index (χ0) is 14.5. The largest absolute Gasteiger partial charge is 0.441 e. The number of hydrogen-bond donors (Lipinski definition) is 1. The van der Waals surface area contributed by atoms with E-state index in [1.165, 1.54) is 0 Å². The van der Waals surface area contributed by atoms with Crippen molar-refractivity contribution >= 4 is 6.09 Å². The van der Waals surface area contributed by atoms with Crippen LogP contribution in [0.4, 0.5) is 4.79 Å². The maximum atomic E-state index is 11.5. The molecule has 0 radical (unpaired) electrons. The van der Waals surface area contributed by atoms with Crippen LogP contribution in [0.2, 0.25) is 0 Å². The molecule has 1 aliphatic heterocycles. The van der Waals surface area contributed by atoms with E-state index in [0.717, 1.165) is 11.1 Å². The van der Waals surface area contributed by atoms with E-state index < -0.39 is 6.09 Å². The second-order valence-corrected chi connectivity index (χ2v) is 4.98. The van der Waals surface area contributed by atoms with E-state index in [0.29, 0.717) is 13.2 Å². The van der Waals surface area contributed by atoms with Crippen LogP contribution in [0.3, 0.4) is 0 Å². The molecule has 1 N–H and O–H groups in total. The summed E-state index contributed by atoms with van der Waals surface area (Å²) in [7, 11) is 0. The Bertz CT molecular complexity index is 585. The van der Waals surface area contributed by atoms with Crippen molar-refractivity contribution < 1.29 is 14.3 Å². The van der Waals surface area contributed by atoms with Crippen molar-refractivity contribution in [3.8, 4) is 0 Å². The number of cyclic esters (lactones) is 1. The number of alkyl carbamates (subject to hydrolysis) is 1. The van der Waals surface area contributed by atoms with Crippen LogP contribution in [0.15, 0.2) is 60.7 Å². The highest BCUT2D eigenvalue weighted by molar-refractivity contribution is 5.70. The number of nitrogens with one attached hydrogen (secondary N) is 1. The fraction of sp³-hybridized carbons (Fsp3) is 0.235. The maximum absolute atomic E-state index is 11.5. The number of hydrogen-bond acceptors (Lipinski definition) is 3. The summed E-state index contributed by atoms with van der Waals surface area (Å²) in [6.07, 6.45) is -0.694. The van der Waals surface area contributed by atoms with Crippen LogP contribution in [0.5, 0.6) is 0 Å². The van der Waals surface area contributed by atoms with Crippen LogP contribution in [0.25, 0.3) is 0 Å². The van der Waals surface area contributed by atoms with Crippen molar-refractivity contribution in [1.29, 1.82) is 0 Å². The van der Waals surface area contributed by atoms with Crippen LogP contribution in [0.1, 0.15) is 17.2 Å². The quantitative estimate of drug-likeness (QED) is 0.917. The number of benzene rings is 2. The minimum atomic E-state index is -0.392. The van der Waals surface area contributed by atoms with Gasteiger partial charge in [0.15, 0.2) is 6.10 Å². The summed E-state index contributed by atoms with van der Waals surface area (Å²) >= 11 is 0. The van der Waals surface area contributed by atoms with Crippen molar-refractivity contribution in [2.75, 3.05) is 6.61 Å². The molecule has 2 aromatic rings. The predicted octanol–water partition coefficient (Wildman–Crippen LogP) is 3.05. The Kier molecular flexibility index (Phi) is 4.17.